The van der Waals surface area contributed by atoms with Gasteiger partial charge in [0.1, 0.15) is 11.6 Å². The van der Waals surface area contributed by atoms with Crippen molar-refractivity contribution in [2.75, 3.05) is 5.32 Å². The quantitative estimate of drug-likeness (QED) is 0.352. The van der Waals surface area contributed by atoms with E-state index in [4.69, 9.17) is 0 Å². The Morgan fingerprint density at radius 3 is 2.50 bits per heavy atom. The molecule has 9 heteroatoms. The van der Waals surface area contributed by atoms with E-state index in [2.05, 4.69) is 15.3 Å². The number of aromatic hydroxyl groups is 1. The maximum absolute atomic E-state index is 14.6. The number of alkyl halides is 3. The Morgan fingerprint density at radius 1 is 1.06 bits per heavy atom. The molecule has 0 bridgehead atoms. The number of aliphatic hydroxyl groups is 1. The number of aromatic nitrogens is 3. The van der Waals surface area contributed by atoms with E-state index < -0.39 is 24.2 Å². The van der Waals surface area contributed by atoms with Crippen LogP contribution in [0, 0.1) is 6.92 Å². The molecule has 34 heavy (non-hydrogen) atoms. The number of fused-ring (bicyclic) bond motifs is 1. The number of benzene rings is 2. The van der Waals surface area contributed by atoms with E-state index in [1.54, 1.807) is 48.1 Å². The van der Waals surface area contributed by atoms with Crippen molar-refractivity contribution in [2.45, 2.75) is 37.6 Å². The number of phenolic OH excluding ortho intramolecular Hbond substituents is 1. The lowest BCUT2D eigenvalue weighted by atomic mass is 9.83. The molecule has 2 unspecified atom stereocenters. The Kier molecular flexibility index (Phi) is 6.22. The number of nitrogens with one attached hydrogen (secondary N) is 1. The predicted octanol–water partition coefficient (Wildman–Crippen LogP) is 5.06. The van der Waals surface area contributed by atoms with Gasteiger partial charge in [0.15, 0.2) is 5.60 Å². The molecule has 0 amide bonds. The first-order valence-corrected chi connectivity index (χ1v) is 10.8. The van der Waals surface area contributed by atoms with E-state index in [9.17, 15) is 23.4 Å². The Hall–Kier alpha value is -3.59. The van der Waals surface area contributed by atoms with Gasteiger partial charge >= 0.3 is 6.18 Å². The van der Waals surface area contributed by atoms with Gasteiger partial charge in [-0.3, -0.25) is 4.98 Å². The van der Waals surface area contributed by atoms with Crippen LogP contribution in [-0.4, -0.2) is 36.5 Å². The van der Waals surface area contributed by atoms with Crippen LogP contribution in [0.5, 0.6) is 5.75 Å². The number of hydrogen-bond donors (Lipinski definition) is 3. The van der Waals surface area contributed by atoms with Crippen LogP contribution in [0.4, 0.5) is 18.9 Å². The van der Waals surface area contributed by atoms with Gasteiger partial charge in [0.2, 0.25) is 0 Å². The first kappa shape index (κ1) is 23.6. The summed E-state index contributed by atoms with van der Waals surface area (Å²) in [6, 6.07) is 12.6. The van der Waals surface area contributed by atoms with Crippen LogP contribution in [0.1, 0.15) is 29.5 Å². The number of anilines is 1. The van der Waals surface area contributed by atoms with Crippen molar-refractivity contribution in [1.82, 2.24) is 14.5 Å². The van der Waals surface area contributed by atoms with Gasteiger partial charge in [-0.05, 0) is 43.7 Å². The standard InChI is InChI=1S/C25H25F3N4O2/c1-16-10-11-17-19(30-16)7-5-8-20(17)31-23(18-6-3-4-9-21(18)33)24(34,25(26,27)28)13-12-22-29-14-15-32(22)2/h3-11,14-15,23,31,33-34H,12-13H2,1-2H3. The van der Waals surface area contributed by atoms with Gasteiger partial charge in [-0.2, -0.15) is 13.2 Å². The normalized spacial score (nSPS) is 14.6. The molecule has 0 aliphatic rings. The predicted molar refractivity (Wildman–Crippen MR) is 123 cm³/mol. The van der Waals surface area contributed by atoms with Crippen molar-refractivity contribution in [3.05, 3.63) is 84.1 Å². The number of imidazole rings is 1. The van der Waals surface area contributed by atoms with E-state index in [1.807, 2.05) is 6.92 Å². The first-order chi connectivity index (χ1) is 16.1. The Labute approximate surface area is 194 Å². The van der Waals surface area contributed by atoms with Gasteiger partial charge in [-0.25, -0.2) is 4.98 Å². The van der Waals surface area contributed by atoms with E-state index in [0.717, 1.165) is 5.69 Å². The van der Waals surface area contributed by atoms with Gasteiger partial charge < -0.3 is 20.1 Å². The molecular weight excluding hydrogens is 445 g/mol. The number of phenols is 1. The van der Waals surface area contributed by atoms with Crippen LogP contribution >= 0.6 is 0 Å². The molecule has 0 saturated carbocycles. The summed E-state index contributed by atoms with van der Waals surface area (Å²) >= 11 is 0. The summed E-state index contributed by atoms with van der Waals surface area (Å²) in [5.74, 6) is 0.0532. The molecule has 4 aromatic rings. The second kappa shape index (κ2) is 8.98. The topological polar surface area (TPSA) is 83.2 Å². The lowest BCUT2D eigenvalue weighted by molar-refractivity contribution is -0.269. The number of halogens is 3. The molecule has 0 aliphatic heterocycles. The molecule has 2 aromatic carbocycles. The monoisotopic (exact) mass is 470 g/mol. The summed E-state index contributed by atoms with van der Waals surface area (Å²) in [5.41, 5.74) is -1.57. The lowest BCUT2D eigenvalue weighted by Crippen LogP contribution is -2.53. The van der Waals surface area contributed by atoms with Crippen LogP contribution in [-0.2, 0) is 13.5 Å². The summed E-state index contributed by atoms with van der Waals surface area (Å²) in [6.45, 7) is 1.82. The van der Waals surface area contributed by atoms with E-state index >= 15 is 0 Å². The van der Waals surface area contributed by atoms with Crippen LogP contribution in [0.25, 0.3) is 10.9 Å². The maximum atomic E-state index is 14.6. The van der Waals surface area contributed by atoms with Crippen molar-refractivity contribution >= 4 is 16.6 Å². The Bertz CT molecular complexity index is 1300. The van der Waals surface area contributed by atoms with Crippen molar-refractivity contribution in [2.24, 2.45) is 7.05 Å². The second-order valence-corrected chi connectivity index (χ2v) is 8.34. The minimum absolute atomic E-state index is 0.0701. The Balaban J connectivity index is 1.83. The van der Waals surface area contributed by atoms with Gasteiger partial charge in [0, 0.05) is 48.2 Å². The number of aryl methyl sites for hydroxylation is 3. The average Bonchev–Trinajstić information content (AvgIpc) is 3.20. The fourth-order valence-electron chi connectivity index (χ4n) is 4.11. The highest BCUT2D eigenvalue weighted by Crippen LogP contribution is 2.47. The van der Waals surface area contributed by atoms with Crippen molar-refractivity contribution in [3.8, 4) is 5.75 Å². The van der Waals surface area contributed by atoms with Crippen molar-refractivity contribution in [1.29, 1.82) is 0 Å². The fourth-order valence-corrected chi connectivity index (χ4v) is 4.11. The van der Waals surface area contributed by atoms with Crippen LogP contribution in [0.2, 0.25) is 0 Å². The number of para-hydroxylation sites is 1. The summed E-state index contributed by atoms with van der Waals surface area (Å²) < 4.78 is 45.3. The van der Waals surface area contributed by atoms with E-state index in [1.165, 1.54) is 30.5 Å². The summed E-state index contributed by atoms with van der Waals surface area (Å²) in [7, 11) is 1.68. The van der Waals surface area contributed by atoms with Crippen molar-refractivity contribution < 1.29 is 23.4 Å². The largest absolute Gasteiger partial charge is 0.508 e. The van der Waals surface area contributed by atoms with Crippen LogP contribution in [0.3, 0.4) is 0 Å². The molecule has 0 fully saturated rings. The molecule has 178 valence electrons. The molecule has 0 saturated heterocycles. The zero-order valence-corrected chi connectivity index (χ0v) is 18.7. The van der Waals surface area contributed by atoms with Gasteiger partial charge in [-0.15, -0.1) is 0 Å². The highest BCUT2D eigenvalue weighted by molar-refractivity contribution is 5.91. The molecule has 0 spiro atoms. The highest BCUT2D eigenvalue weighted by Gasteiger charge is 2.59. The molecule has 0 radical (unpaired) electrons. The molecule has 3 N–H and O–H groups in total. The van der Waals surface area contributed by atoms with E-state index in [0.29, 0.717) is 22.4 Å². The summed E-state index contributed by atoms with van der Waals surface area (Å²) in [4.78, 5) is 8.53. The zero-order chi connectivity index (χ0) is 24.5. The van der Waals surface area contributed by atoms with Crippen LogP contribution < -0.4 is 5.32 Å². The third-order valence-corrected chi connectivity index (χ3v) is 6.04. The molecule has 6 nitrogen and oxygen atoms in total. The lowest BCUT2D eigenvalue weighted by Gasteiger charge is -2.39. The molecular formula is C25H25F3N4O2. The third-order valence-electron chi connectivity index (χ3n) is 6.04. The fraction of sp³-hybridized carbons (Fsp3) is 0.280. The van der Waals surface area contributed by atoms with E-state index in [-0.39, 0.29) is 17.7 Å². The highest BCUT2D eigenvalue weighted by atomic mass is 19.4. The van der Waals surface area contributed by atoms with Crippen LogP contribution in [0.15, 0.2) is 67.0 Å². The summed E-state index contributed by atoms with van der Waals surface area (Å²) in [6.07, 6.45) is -2.69. The molecule has 2 aromatic heterocycles. The first-order valence-electron chi connectivity index (χ1n) is 10.8. The minimum Gasteiger partial charge on any atom is -0.508 e. The molecule has 2 atom stereocenters. The third kappa shape index (κ3) is 4.43. The van der Waals surface area contributed by atoms with Gasteiger partial charge in [-0.1, -0.05) is 24.3 Å². The molecule has 2 heterocycles. The van der Waals surface area contributed by atoms with Crippen molar-refractivity contribution in [3.63, 3.8) is 0 Å². The number of rotatable bonds is 7. The average molecular weight is 470 g/mol. The SMILES string of the molecule is Cc1ccc2c(NC(c3ccccc3O)C(O)(CCc3nccn3C)C(F)(F)F)cccc2n1. The summed E-state index contributed by atoms with van der Waals surface area (Å²) in [5, 5.41) is 25.3. The number of hydrogen-bond acceptors (Lipinski definition) is 5. The zero-order valence-electron chi connectivity index (χ0n) is 18.7. The smallest absolute Gasteiger partial charge is 0.419 e. The van der Waals surface area contributed by atoms with Gasteiger partial charge in [0.05, 0.1) is 11.6 Å². The second-order valence-electron chi connectivity index (χ2n) is 8.34. The maximum Gasteiger partial charge on any atom is 0.419 e. The molecule has 0 aliphatic carbocycles. The minimum atomic E-state index is -5.02. The van der Waals surface area contributed by atoms with Gasteiger partial charge in [0.25, 0.3) is 0 Å². The molecule has 4 rings (SSSR count). The Morgan fingerprint density at radius 2 is 1.82 bits per heavy atom. The number of pyridine rings is 1. The number of nitrogens with zero attached hydrogens (tertiary/aromatic N) is 3.